The highest BCUT2D eigenvalue weighted by Gasteiger charge is 2.27. The summed E-state index contributed by atoms with van der Waals surface area (Å²) in [5.41, 5.74) is 0.860. The van der Waals surface area contributed by atoms with E-state index in [1.54, 1.807) is 7.05 Å². The van der Waals surface area contributed by atoms with Crippen LogP contribution >= 0.6 is 0 Å². The van der Waals surface area contributed by atoms with Gasteiger partial charge in [0.1, 0.15) is 5.82 Å². The van der Waals surface area contributed by atoms with E-state index in [-0.39, 0.29) is 11.7 Å². The number of rotatable bonds is 4. The fraction of sp³-hybridized carbons (Fsp3) is 0.429. The van der Waals surface area contributed by atoms with Gasteiger partial charge in [-0.15, -0.1) is 0 Å². The fourth-order valence-electron chi connectivity index (χ4n) is 2.60. The van der Waals surface area contributed by atoms with Gasteiger partial charge in [-0.1, -0.05) is 12.1 Å². The normalized spacial score (nSPS) is 20.5. The first-order valence-corrected chi connectivity index (χ1v) is 8.78. The first kappa shape index (κ1) is 14.1. The Morgan fingerprint density at radius 2 is 2.10 bits per heavy atom. The molecule has 6 nitrogen and oxygen atoms in total. The van der Waals surface area contributed by atoms with Crippen LogP contribution in [0.25, 0.3) is 10.9 Å². The van der Waals surface area contributed by atoms with Crippen molar-refractivity contribution in [3.63, 3.8) is 0 Å². The molecule has 3 rings (SSSR count). The zero-order chi connectivity index (χ0) is 14.9. The molecule has 1 aromatic carbocycles. The van der Waals surface area contributed by atoms with Crippen molar-refractivity contribution in [2.45, 2.75) is 6.42 Å². The van der Waals surface area contributed by atoms with Crippen LogP contribution in [0.15, 0.2) is 24.3 Å². The summed E-state index contributed by atoms with van der Waals surface area (Å²) in [6.07, 6.45) is 0.719. The Labute approximate surface area is 123 Å². The van der Waals surface area contributed by atoms with Crippen LogP contribution in [0, 0.1) is 5.92 Å². The van der Waals surface area contributed by atoms with Crippen molar-refractivity contribution in [1.29, 1.82) is 0 Å². The molecule has 0 amide bonds. The van der Waals surface area contributed by atoms with Crippen LogP contribution in [0.5, 0.6) is 0 Å². The molecule has 1 saturated heterocycles. The highest BCUT2D eigenvalue weighted by molar-refractivity contribution is 7.91. The van der Waals surface area contributed by atoms with Crippen molar-refractivity contribution < 1.29 is 8.42 Å². The van der Waals surface area contributed by atoms with Crippen molar-refractivity contribution in [3.8, 4) is 0 Å². The highest BCUT2D eigenvalue weighted by atomic mass is 32.2. The molecular weight excluding hydrogens is 288 g/mol. The van der Waals surface area contributed by atoms with Crippen molar-refractivity contribution in [2.24, 2.45) is 5.92 Å². The molecule has 1 aliphatic heterocycles. The second-order valence-electron chi connectivity index (χ2n) is 5.31. The quantitative estimate of drug-likeness (QED) is 0.891. The number of hydrogen-bond acceptors (Lipinski definition) is 6. The van der Waals surface area contributed by atoms with E-state index in [0.717, 1.165) is 23.1 Å². The lowest BCUT2D eigenvalue weighted by Gasteiger charge is -2.13. The molecule has 1 fully saturated rings. The van der Waals surface area contributed by atoms with E-state index >= 15 is 0 Å². The third kappa shape index (κ3) is 3.07. The number of hydrogen-bond donors (Lipinski definition) is 2. The third-order valence-corrected chi connectivity index (χ3v) is 5.55. The monoisotopic (exact) mass is 306 g/mol. The molecule has 7 heteroatoms. The van der Waals surface area contributed by atoms with Crippen molar-refractivity contribution >= 4 is 32.5 Å². The maximum Gasteiger partial charge on any atom is 0.224 e. The van der Waals surface area contributed by atoms with Crippen LogP contribution in [-0.4, -0.2) is 43.5 Å². The van der Waals surface area contributed by atoms with E-state index in [0.29, 0.717) is 18.2 Å². The van der Waals surface area contributed by atoms with Gasteiger partial charge >= 0.3 is 0 Å². The van der Waals surface area contributed by atoms with Crippen LogP contribution in [0.4, 0.5) is 11.8 Å². The predicted octanol–water partition coefficient (Wildman–Crippen LogP) is 1.52. The highest BCUT2D eigenvalue weighted by Crippen LogP contribution is 2.24. The largest absolute Gasteiger partial charge is 0.369 e. The summed E-state index contributed by atoms with van der Waals surface area (Å²) in [6.45, 7) is 0.614. The number of fused-ring (bicyclic) bond motifs is 1. The molecule has 2 aromatic rings. The lowest BCUT2D eigenvalue weighted by molar-refractivity contribution is 0.596. The van der Waals surface area contributed by atoms with Crippen molar-refractivity contribution in [2.75, 3.05) is 35.7 Å². The van der Waals surface area contributed by atoms with Gasteiger partial charge in [0.2, 0.25) is 5.95 Å². The minimum Gasteiger partial charge on any atom is -0.369 e. The average Bonchev–Trinajstić information content (AvgIpc) is 2.83. The SMILES string of the molecule is CNc1nc(NCC2CCS(=O)(=O)C2)c2ccccc2n1. The van der Waals surface area contributed by atoms with Crippen LogP contribution in [0.3, 0.4) is 0 Å². The summed E-state index contributed by atoms with van der Waals surface area (Å²) in [4.78, 5) is 8.83. The standard InChI is InChI=1S/C14H18N4O2S/c1-15-14-17-12-5-3-2-4-11(12)13(18-14)16-8-10-6-7-21(19,20)9-10/h2-5,10H,6-9H2,1H3,(H2,15,16,17,18). The third-order valence-electron chi connectivity index (χ3n) is 3.71. The Bertz CT molecular complexity index is 761. The minimum absolute atomic E-state index is 0.154. The first-order valence-electron chi connectivity index (χ1n) is 6.96. The topological polar surface area (TPSA) is 84.0 Å². The van der Waals surface area contributed by atoms with Crippen LogP contribution in [0.1, 0.15) is 6.42 Å². The molecule has 21 heavy (non-hydrogen) atoms. The van der Waals surface area contributed by atoms with E-state index in [1.807, 2.05) is 24.3 Å². The molecular formula is C14H18N4O2S. The number of sulfone groups is 1. The van der Waals surface area contributed by atoms with E-state index in [2.05, 4.69) is 20.6 Å². The number of aromatic nitrogens is 2. The molecule has 1 aliphatic rings. The number of anilines is 2. The Morgan fingerprint density at radius 1 is 1.29 bits per heavy atom. The van der Waals surface area contributed by atoms with E-state index in [4.69, 9.17) is 0 Å². The maximum absolute atomic E-state index is 11.5. The Kier molecular flexibility index (Phi) is 3.67. The zero-order valence-corrected chi connectivity index (χ0v) is 12.7. The molecule has 2 heterocycles. The molecule has 0 aliphatic carbocycles. The first-order chi connectivity index (χ1) is 10.1. The van der Waals surface area contributed by atoms with Gasteiger partial charge in [-0.25, -0.2) is 13.4 Å². The Morgan fingerprint density at radius 3 is 2.81 bits per heavy atom. The van der Waals surface area contributed by atoms with Gasteiger partial charge in [0, 0.05) is 19.0 Å². The average molecular weight is 306 g/mol. The summed E-state index contributed by atoms with van der Waals surface area (Å²) < 4.78 is 23.0. The molecule has 0 saturated carbocycles. The zero-order valence-electron chi connectivity index (χ0n) is 11.8. The lowest BCUT2D eigenvalue weighted by Crippen LogP contribution is -2.17. The summed E-state index contributed by atoms with van der Waals surface area (Å²) in [7, 11) is -1.07. The molecule has 0 radical (unpaired) electrons. The van der Waals surface area contributed by atoms with E-state index in [9.17, 15) is 8.42 Å². The van der Waals surface area contributed by atoms with Crippen molar-refractivity contribution in [1.82, 2.24) is 9.97 Å². The predicted molar refractivity (Wildman–Crippen MR) is 84.3 cm³/mol. The molecule has 2 N–H and O–H groups in total. The maximum atomic E-state index is 11.5. The summed E-state index contributed by atoms with van der Waals surface area (Å²) >= 11 is 0. The number of nitrogens with zero attached hydrogens (tertiary/aromatic N) is 2. The summed E-state index contributed by atoms with van der Waals surface area (Å²) in [5, 5.41) is 7.17. The van der Waals surface area contributed by atoms with Gasteiger partial charge in [-0.2, -0.15) is 4.98 Å². The van der Waals surface area contributed by atoms with Gasteiger partial charge in [0.25, 0.3) is 0 Å². The van der Waals surface area contributed by atoms with E-state index < -0.39 is 9.84 Å². The number of para-hydroxylation sites is 1. The fourth-order valence-corrected chi connectivity index (χ4v) is 4.46. The smallest absolute Gasteiger partial charge is 0.224 e. The molecule has 1 aromatic heterocycles. The molecule has 1 atom stereocenters. The second kappa shape index (κ2) is 5.48. The van der Waals surface area contributed by atoms with Gasteiger partial charge in [-0.05, 0) is 24.5 Å². The van der Waals surface area contributed by atoms with Gasteiger partial charge in [-0.3, -0.25) is 0 Å². The molecule has 0 spiro atoms. The summed E-state index contributed by atoms with van der Waals surface area (Å²) in [5.74, 6) is 2.01. The van der Waals surface area contributed by atoms with Crippen LogP contribution in [0.2, 0.25) is 0 Å². The van der Waals surface area contributed by atoms with Crippen LogP contribution < -0.4 is 10.6 Å². The van der Waals surface area contributed by atoms with Crippen LogP contribution in [-0.2, 0) is 9.84 Å². The minimum atomic E-state index is -2.84. The Hall–Kier alpha value is -1.89. The van der Waals surface area contributed by atoms with Crippen molar-refractivity contribution in [3.05, 3.63) is 24.3 Å². The lowest BCUT2D eigenvalue weighted by atomic mass is 10.1. The molecule has 0 bridgehead atoms. The molecule has 1 unspecified atom stereocenters. The summed E-state index contributed by atoms with van der Waals surface area (Å²) in [6, 6.07) is 7.77. The number of benzene rings is 1. The van der Waals surface area contributed by atoms with E-state index in [1.165, 1.54) is 0 Å². The second-order valence-corrected chi connectivity index (χ2v) is 7.54. The van der Waals surface area contributed by atoms with Gasteiger partial charge in [0.05, 0.1) is 17.0 Å². The Balaban J connectivity index is 1.83. The number of nitrogens with one attached hydrogen (secondary N) is 2. The van der Waals surface area contributed by atoms with Gasteiger partial charge in [0.15, 0.2) is 9.84 Å². The molecule has 112 valence electrons. The van der Waals surface area contributed by atoms with Gasteiger partial charge < -0.3 is 10.6 Å².